The molecule has 0 bridgehead atoms. The lowest BCUT2D eigenvalue weighted by molar-refractivity contribution is -0.119. The number of carbonyl (C=O) groups excluding carboxylic acids is 1. The summed E-state index contributed by atoms with van der Waals surface area (Å²) in [5.41, 5.74) is 2.36. The summed E-state index contributed by atoms with van der Waals surface area (Å²) in [5, 5.41) is 3.62. The molecule has 5 heteroatoms. The van der Waals surface area contributed by atoms with Gasteiger partial charge in [-0.25, -0.2) is 0 Å². The molecule has 1 amide bonds. The van der Waals surface area contributed by atoms with Crippen LogP contribution >= 0.6 is 23.4 Å². The highest BCUT2D eigenvalue weighted by atomic mass is 35.5. The Morgan fingerprint density at radius 2 is 1.78 bits per heavy atom. The van der Waals surface area contributed by atoms with Crippen molar-refractivity contribution in [3.63, 3.8) is 0 Å². The molecule has 2 aromatic carbocycles. The van der Waals surface area contributed by atoms with Crippen LogP contribution in [-0.2, 0) is 17.6 Å². The van der Waals surface area contributed by atoms with Crippen LogP contribution in [0.15, 0.2) is 48.5 Å². The predicted molar refractivity (Wildman–Crippen MR) is 95.2 cm³/mol. The summed E-state index contributed by atoms with van der Waals surface area (Å²) in [6, 6.07) is 15.8. The number of nitrogens with one attached hydrogen (secondary N) is 1. The lowest BCUT2D eigenvalue weighted by atomic mass is 10.1. The molecule has 120 valence electrons. The monoisotopic (exact) mass is 347 g/mol. The molecule has 23 heavy (non-hydrogen) atoms. The minimum Gasteiger partial charge on any atom is -0.493 e. The van der Waals surface area contributed by atoms with E-state index in [0.717, 1.165) is 35.1 Å². The zero-order chi connectivity index (χ0) is 16.1. The van der Waals surface area contributed by atoms with Crippen molar-refractivity contribution in [2.75, 3.05) is 12.5 Å². The first-order valence-corrected chi connectivity index (χ1v) is 8.99. The fourth-order valence-corrected chi connectivity index (χ4v) is 3.53. The molecule has 2 aromatic rings. The van der Waals surface area contributed by atoms with Crippen molar-refractivity contribution in [2.24, 2.45) is 0 Å². The second-order valence-corrected chi connectivity index (χ2v) is 7.04. The Kier molecular flexibility index (Phi) is 5.47. The second kappa shape index (κ2) is 7.75. The third kappa shape index (κ3) is 4.66. The quantitative estimate of drug-likeness (QED) is 0.866. The van der Waals surface area contributed by atoms with E-state index in [1.54, 1.807) is 11.8 Å². The molecule has 0 spiro atoms. The van der Waals surface area contributed by atoms with Gasteiger partial charge in [-0.15, -0.1) is 11.8 Å². The maximum absolute atomic E-state index is 11.6. The van der Waals surface area contributed by atoms with Crippen LogP contribution in [0, 0.1) is 0 Å². The Labute approximate surface area is 145 Å². The van der Waals surface area contributed by atoms with Gasteiger partial charge in [-0.05, 0) is 41.8 Å². The van der Waals surface area contributed by atoms with Crippen LogP contribution < -0.4 is 10.1 Å². The van der Waals surface area contributed by atoms with Gasteiger partial charge in [0.15, 0.2) is 0 Å². The Morgan fingerprint density at radius 3 is 2.43 bits per heavy atom. The zero-order valence-corrected chi connectivity index (χ0v) is 14.2. The van der Waals surface area contributed by atoms with E-state index in [2.05, 4.69) is 5.32 Å². The van der Waals surface area contributed by atoms with Crippen LogP contribution in [0.1, 0.15) is 11.1 Å². The van der Waals surface area contributed by atoms with Crippen molar-refractivity contribution in [3.05, 3.63) is 64.7 Å². The molecular formula is C18H18ClNO2S. The summed E-state index contributed by atoms with van der Waals surface area (Å²) in [5.74, 6) is 1.71. The van der Waals surface area contributed by atoms with E-state index < -0.39 is 0 Å². The molecular weight excluding hydrogens is 330 g/mol. The van der Waals surface area contributed by atoms with Gasteiger partial charge in [0.2, 0.25) is 5.91 Å². The molecule has 1 aliphatic rings. The second-order valence-electron chi connectivity index (χ2n) is 5.41. The lowest BCUT2D eigenvalue weighted by Crippen LogP contribution is -2.23. The summed E-state index contributed by atoms with van der Waals surface area (Å²) in [7, 11) is 0. The van der Waals surface area contributed by atoms with Crippen molar-refractivity contribution in [2.45, 2.75) is 18.1 Å². The number of rotatable bonds is 6. The number of hydrogen-bond donors (Lipinski definition) is 1. The largest absolute Gasteiger partial charge is 0.493 e. The number of ether oxygens (including phenoxy) is 1. The third-order valence-corrected chi connectivity index (χ3v) is 5.09. The standard InChI is InChI=1S/C18H18ClNO2S/c19-15-5-1-13(2-6-15)9-10-22-16-7-3-14(4-8-16)11-17-18(21)20-12-23-17/h1-8,17H,9-12H2,(H,20,21). The van der Waals surface area contributed by atoms with Gasteiger partial charge in [0.1, 0.15) is 5.75 Å². The van der Waals surface area contributed by atoms with E-state index in [9.17, 15) is 4.79 Å². The molecule has 0 saturated carbocycles. The maximum atomic E-state index is 11.6. The van der Waals surface area contributed by atoms with Crippen LogP contribution in [0.2, 0.25) is 5.02 Å². The number of benzene rings is 2. The molecule has 1 aliphatic heterocycles. The van der Waals surface area contributed by atoms with E-state index in [1.165, 1.54) is 5.56 Å². The summed E-state index contributed by atoms with van der Waals surface area (Å²) < 4.78 is 5.77. The van der Waals surface area contributed by atoms with E-state index in [4.69, 9.17) is 16.3 Å². The van der Waals surface area contributed by atoms with E-state index in [1.807, 2.05) is 48.5 Å². The highest BCUT2D eigenvalue weighted by Crippen LogP contribution is 2.22. The molecule has 1 atom stereocenters. The molecule has 1 heterocycles. The van der Waals surface area contributed by atoms with Gasteiger partial charge in [-0.1, -0.05) is 35.9 Å². The minimum atomic E-state index is 0.0340. The molecule has 0 aromatic heterocycles. The Bertz CT molecular complexity index is 658. The average molecular weight is 348 g/mol. The first-order chi connectivity index (χ1) is 11.2. The molecule has 1 unspecified atom stereocenters. The number of hydrogen-bond acceptors (Lipinski definition) is 3. The number of amides is 1. The van der Waals surface area contributed by atoms with Gasteiger partial charge >= 0.3 is 0 Å². The highest BCUT2D eigenvalue weighted by molar-refractivity contribution is 8.01. The van der Waals surface area contributed by atoms with Crippen LogP contribution in [0.5, 0.6) is 5.75 Å². The fraction of sp³-hybridized carbons (Fsp3) is 0.278. The number of carbonyl (C=O) groups is 1. The topological polar surface area (TPSA) is 38.3 Å². The molecule has 1 saturated heterocycles. The minimum absolute atomic E-state index is 0.0340. The number of halogens is 1. The average Bonchev–Trinajstić information content (AvgIpc) is 2.96. The summed E-state index contributed by atoms with van der Waals surface area (Å²) in [6.07, 6.45) is 1.61. The maximum Gasteiger partial charge on any atom is 0.234 e. The van der Waals surface area contributed by atoms with Gasteiger partial charge < -0.3 is 10.1 Å². The smallest absolute Gasteiger partial charge is 0.234 e. The SMILES string of the molecule is O=C1NCSC1Cc1ccc(OCCc2ccc(Cl)cc2)cc1. The van der Waals surface area contributed by atoms with E-state index in [0.29, 0.717) is 6.61 Å². The third-order valence-electron chi connectivity index (χ3n) is 3.74. The molecule has 1 N–H and O–H groups in total. The normalized spacial score (nSPS) is 17.1. The first kappa shape index (κ1) is 16.2. The molecule has 0 aliphatic carbocycles. The Balaban J connectivity index is 1.47. The van der Waals surface area contributed by atoms with Crippen LogP contribution in [0.3, 0.4) is 0 Å². The van der Waals surface area contributed by atoms with Gasteiger partial charge in [-0.3, -0.25) is 4.79 Å². The highest BCUT2D eigenvalue weighted by Gasteiger charge is 2.24. The molecule has 3 rings (SSSR count). The van der Waals surface area contributed by atoms with Crippen molar-refractivity contribution in [1.82, 2.24) is 5.32 Å². The van der Waals surface area contributed by atoms with Crippen LogP contribution in [-0.4, -0.2) is 23.6 Å². The van der Waals surface area contributed by atoms with Crippen molar-refractivity contribution >= 4 is 29.3 Å². The summed E-state index contributed by atoms with van der Waals surface area (Å²) in [6.45, 7) is 0.627. The predicted octanol–water partition coefficient (Wildman–Crippen LogP) is 3.69. The fourth-order valence-electron chi connectivity index (χ4n) is 2.43. The summed E-state index contributed by atoms with van der Waals surface area (Å²) >= 11 is 7.53. The van der Waals surface area contributed by atoms with Gasteiger partial charge in [0, 0.05) is 11.4 Å². The molecule has 1 fully saturated rings. The molecule has 3 nitrogen and oxygen atoms in total. The van der Waals surface area contributed by atoms with Gasteiger partial charge in [0.25, 0.3) is 0 Å². The Hall–Kier alpha value is -1.65. The first-order valence-electron chi connectivity index (χ1n) is 7.56. The van der Waals surface area contributed by atoms with E-state index in [-0.39, 0.29) is 11.2 Å². The molecule has 0 radical (unpaired) electrons. The van der Waals surface area contributed by atoms with Crippen LogP contribution in [0.25, 0.3) is 0 Å². The number of thioether (sulfide) groups is 1. The van der Waals surface area contributed by atoms with Crippen LogP contribution in [0.4, 0.5) is 0 Å². The van der Waals surface area contributed by atoms with Crippen molar-refractivity contribution in [3.8, 4) is 5.75 Å². The van der Waals surface area contributed by atoms with Crippen molar-refractivity contribution < 1.29 is 9.53 Å². The Morgan fingerprint density at radius 1 is 1.09 bits per heavy atom. The van der Waals surface area contributed by atoms with Crippen molar-refractivity contribution in [1.29, 1.82) is 0 Å². The zero-order valence-electron chi connectivity index (χ0n) is 12.6. The van der Waals surface area contributed by atoms with E-state index >= 15 is 0 Å². The van der Waals surface area contributed by atoms with Gasteiger partial charge in [0.05, 0.1) is 17.7 Å². The van der Waals surface area contributed by atoms with Gasteiger partial charge in [-0.2, -0.15) is 0 Å². The lowest BCUT2D eigenvalue weighted by Gasteiger charge is -2.09. The summed E-state index contributed by atoms with van der Waals surface area (Å²) in [4.78, 5) is 11.6.